The summed E-state index contributed by atoms with van der Waals surface area (Å²) in [4.78, 5) is 4.59. The lowest BCUT2D eigenvalue weighted by Crippen LogP contribution is -1.97. The molecule has 3 nitrogen and oxygen atoms in total. The molecule has 0 amide bonds. The summed E-state index contributed by atoms with van der Waals surface area (Å²) in [6.07, 6.45) is 7.92. The van der Waals surface area contributed by atoms with Crippen molar-refractivity contribution in [2.75, 3.05) is 0 Å². The van der Waals surface area contributed by atoms with Gasteiger partial charge in [0.1, 0.15) is 5.82 Å². The fraction of sp³-hybridized carbons (Fsp3) is 0.500. The Bertz CT molecular complexity index is 578. The maximum Gasteiger partial charge on any atom is 0.208 e. The number of rotatable bonds is 6. The Labute approximate surface area is 138 Å². The first-order chi connectivity index (χ1) is 10.3. The lowest BCUT2D eigenvalue weighted by Gasteiger charge is -2.05. The zero-order chi connectivity index (χ0) is 14.5. The Balaban J connectivity index is 1.48. The van der Waals surface area contributed by atoms with Gasteiger partial charge in [0.05, 0.1) is 0 Å². The highest BCUT2D eigenvalue weighted by molar-refractivity contribution is 9.10. The van der Waals surface area contributed by atoms with Gasteiger partial charge in [-0.3, -0.25) is 5.10 Å². The second-order valence-electron chi connectivity index (χ2n) is 5.67. The van der Waals surface area contributed by atoms with E-state index in [1.54, 1.807) is 11.8 Å². The van der Waals surface area contributed by atoms with Crippen LogP contribution in [0.25, 0.3) is 0 Å². The summed E-state index contributed by atoms with van der Waals surface area (Å²) in [7, 11) is 0. The molecule has 1 heterocycles. The van der Waals surface area contributed by atoms with E-state index >= 15 is 0 Å². The first kappa shape index (κ1) is 15.1. The van der Waals surface area contributed by atoms with Crippen molar-refractivity contribution in [3.8, 4) is 0 Å². The van der Waals surface area contributed by atoms with Gasteiger partial charge in [-0.2, -0.15) is 0 Å². The monoisotopic (exact) mass is 365 g/mol. The summed E-state index contributed by atoms with van der Waals surface area (Å²) in [6.45, 7) is 0. The van der Waals surface area contributed by atoms with Crippen molar-refractivity contribution in [2.45, 2.75) is 49.4 Å². The topological polar surface area (TPSA) is 41.6 Å². The van der Waals surface area contributed by atoms with Crippen LogP contribution in [0.1, 0.15) is 43.5 Å². The first-order valence-electron chi connectivity index (χ1n) is 7.58. The molecule has 1 aliphatic rings. The van der Waals surface area contributed by atoms with Crippen molar-refractivity contribution in [3.05, 3.63) is 40.1 Å². The van der Waals surface area contributed by atoms with Crippen molar-refractivity contribution in [2.24, 2.45) is 5.92 Å². The minimum absolute atomic E-state index is 0.858. The smallest absolute Gasteiger partial charge is 0.208 e. The number of aromatic amines is 1. The molecular weight excluding hydrogens is 346 g/mol. The molecule has 1 aromatic heterocycles. The maximum atomic E-state index is 4.59. The van der Waals surface area contributed by atoms with Gasteiger partial charge in [0.2, 0.25) is 5.16 Å². The van der Waals surface area contributed by atoms with Crippen molar-refractivity contribution < 1.29 is 0 Å². The lowest BCUT2D eigenvalue weighted by molar-refractivity contribution is 0.497. The average Bonchev–Trinajstić information content (AvgIpc) is 3.15. The molecule has 3 rings (SSSR count). The Morgan fingerprint density at radius 3 is 2.95 bits per heavy atom. The van der Waals surface area contributed by atoms with Crippen LogP contribution in [0, 0.1) is 5.92 Å². The van der Waals surface area contributed by atoms with Crippen molar-refractivity contribution >= 4 is 27.7 Å². The SMILES string of the molecule is Brc1cccc(CSc2n[nH]c(CCC3CCCC3)n2)c1. The van der Waals surface area contributed by atoms with Crippen LogP contribution in [-0.4, -0.2) is 15.2 Å². The molecule has 0 aliphatic heterocycles. The molecule has 5 heteroatoms. The quantitative estimate of drug-likeness (QED) is 0.733. The summed E-state index contributed by atoms with van der Waals surface area (Å²) in [6, 6.07) is 8.37. The third-order valence-corrected chi connectivity index (χ3v) is 5.44. The minimum atomic E-state index is 0.858. The summed E-state index contributed by atoms with van der Waals surface area (Å²) >= 11 is 5.19. The van der Waals surface area contributed by atoms with Crippen molar-refractivity contribution in [1.82, 2.24) is 15.2 Å². The third-order valence-electron chi connectivity index (χ3n) is 4.03. The average molecular weight is 366 g/mol. The van der Waals surface area contributed by atoms with Gasteiger partial charge in [-0.15, -0.1) is 5.10 Å². The fourth-order valence-electron chi connectivity index (χ4n) is 2.87. The molecule has 0 bridgehead atoms. The molecule has 0 radical (unpaired) electrons. The summed E-state index contributed by atoms with van der Waals surface area (Å²) in [5.41, 5.74) is 1.28. The van der Waals surface area contributed by atoms with E-state index in [1.165, 1.54) is 37.7 Å². The van der Waals surface area contributed by atoms with Gasteiger partial charge in [0.25, 0.3) is 0 Å². The number of hydrogen-bond donors (Lipinski definition) is 1. The van der Waals surface area contributed by atoms with Crippen LogP contribution >= 0.6 is 27.7 Å². The fourth-order valence-corrected chi connectivity index (χ4v) is 4.08. The van der Waals surface area contributed by atoms with Crippen LogP contribution in [0.15, 0.2) is 33.9 Å². The van der Waals surface area contributed by atoms with E-state index in [1.807, 2.05) is 6.07 Å². The maximum absolute atomic E-state index is 4.59. The van der Waals surface area contributed by atoms with Crippen LogP contribution in [0.2, 0.25) is 0 Å². The van der Waals surface area contributed by atoms with Crippen molar-refractivity contribution in [3.63, 3.8) is 0 Å². The predicted octanol–water partition coefficient (Wildman–Crippen LogP) is 4.98. The van der Waals surface area contributed by atoms with Gasteiger partial charge in [-0.1, -0.05) is 65.5 Å². The first-order valence-corrected chi connectivity index (χ1v) is 9.36. The van der Waals surface area contributed by atoms with E-state index in [9.17, 15) is 0 Å². The highest BCUT2D eigenvalue weighted by atomic mass is 79.9. The molecular formula is C16H20BrN3S. The lowest BCUT2D eigenvalue weighted by atomic mass is 10.0. The Morgan fingerprint density at radius 2 is 2.14 bits per heavy atom. The summed E-state index contributed by atoms with van der Waals surface area (Å²) in [5.74, 6) is 2.85. The molecule has 0 spiro atoms. The van der Waals surface area contributed by atoms with Gasteiger partial charge in [0.15, 0.2) is 0 Å². The second-order valence-corrected chi connectivity index (χ2v) is 7.53. The van der Waals surface area contributed by atoms with Crippen LogP contribution in [-0.2, 0) is 12.2 Å². The van der Waals surface area contributed by atoms with Gasteiger partial charge < -0.3 is 0 Å². The number of benzene rings is 1. The zero-order valence-corrected chi connectivity index (χ0v) is 14.4. The van der Waals surface area contributed by atoms with Crippen LogP contribution in [0.5, 0.6) is 0 Å². The normalized spacial score (nSPS) is 15.7. The van der Waals surface area contributed by atoms with Gasteiger partial charge in [-0.25, -0.2) is 4.98 Å². The number of aryl methyl sites for hydroxylation is 1. The highest BCUT2D eigenvalue weighted by Crippen LogP contribution is 2.28. The predicted molar refractivity (Wildman–Crippen MR) is 90.4 cm³/mol. The summed E-state index contributed by atoms with van der Waals surface area (Å²) < 4.78 is 1.12. The number of hydrogen-bond acceptors (Lipinski definition) is 3. The molecule has 1 N–H and O–H groups in total. The Hall–Kier alpha value is -0.810. The van der Waals surface area contributed by atoms with Crippen LogP contribution in [0.3, 0.4) is 0 Å². The van der Waals surface area contributed by atoms with E-state index in [0.29, 0.717) is 0 Å². The Kier molecular flexibility index (Phi) is 5.36. The van der Waals surface area contributed by atoms with Gasteiger partial charge in [-0.05, 0) is 30.0 Å². The molecule has 0 saturated heterocycles. The molecule has 2 aromatic rings. The summed E-state index contributed by atoms with van der Waals surface area (Å²) in [5, 5.41) is 8.26. The molecule has 1 fully saturated rings. The number of nitrogens with one attached hydrogen (secondary N) is 1. The highest BCUT2D eigenvalue weighted by Gasteiger charge is 2.15. The molecule has 21 heavy (non-hydrogen) atoms. The van der Waals surface area contributed by atoms with Gasteiger partial charge in [0, 0.05) is 16.6 Å². The standard InChI is InChI=1S/C16H20BrN3S/c17-14-7-3-6-13(10-14)11-21-16-18-15(19-20-16)9-8-12-4-1-2-5-12/h3,6-7,10,12H,1-2,4-5,8-9,11H2,(H,18,19,20). The number of thioether (sulfide) groups is 1. The number of nitrogens with zero attached hydrogens (tertiary/aromatic N) is 2. The van der Waals surface area contributed by atoms with Crippen LogP contribution in [0.4, 0.5) is 0 Å². The number of aromatic nitrogens is 3. The second kappa shape index (κ2) is 7.45. The van der Waals surface area contributed by atoms with Crippen LogP contribution < -0.4 is 0 Å². The molecule has 1 saturated carbocycles. The Morgan fingerprint density at radius 1 is 1.29 bits per heavy atom. The largest absolute Gasteiger partial charge is 0.262 e. The molecule has 112 valence electrons. The molecule has 0 atom stereocenters. The van der Waals surface area contributed by atoms with Gasteiger partial charge >= 0.3 is 0 Å². The van der Waals surface area contributed by atoms with E-state index < -0.39 is 0 Å². The minimum Gasteiger partial charge on any atom is -0.262 e. The van der Waals surface area contributed by atoms with E-state index in [-0.39, 0.29) is 0 Å². The van der Waals surface area contributed by atoms with E-state index in [0.717, 1.165) is 33.5 Å². The number of H-pyrrole nitrogens is 1. The molecule has 0 unspecified atom stereocenters. The van der Waals surface area contributed by atoms with E-state index in [2.05, 4.69) is 49.3 Å². The molecule has 1 aromatic carbocycles. The van der Waals surface area contributed by atoms with Crippen molar-refractivity contribution in [1.29, 1.82) is 0 Å². The third kappa shape index (κ3) is 4.58. The molecule has 1 aliphatic carbocycles. The van der Waals surface area contributed by atoms with E-state index in [4.69, 9.17) is 0 Å². The number of halogens is 1. The zero-order valence-electron chi connectivity index (χ0n) is 12.0.